The number of ether oxygens (including phenoxy) is 2. The molecule has 1 aromatic carbocycles. The zero-order chi connectivity index (χ0) is 13.4. The fraction of sp³-hybridized carbons (Fsp3) is 0.333. The van der Waals surface area contributed by atoms with Crippen molar-refractivity contribution < 1.29 is 19.1 Å². The minimum absolute atomic E-state index is 0.109. The van der Waals surface area contributed by atoms with E-state index in [2.05, 4.69) is 0 Å². The monoisotopic (exact) mass is 258 g/mol. The van der Waals surface area contributed by atoms with E-state index in [1.165, 1.54) is 6.92 Å². The maximum atomic E-state index is 11.8. The number of fused-ring (bicyclic) bond motifs is 1. The molecule has 4 heteroatoms. The first-order chi connectivity index (χ1) is 9.18. The molecule has 0 spiro atoms. The molecule has 19 heavy (non-hydrogen) atoms. The summed E-state index contributed by atoms with van der Waals surface area (Å²) in [6.07, 6.45) is 0.783. The molecule has 0 radical (unpaired) electrons. The molecule has 0 aromatic heterocycles. The Morgan fingerprint density at radius 2 is 2.05 bits per heavy atom. The van der Waals surface area contributed by atoms with Gasteiger partial charge in [0.05, 0.1) is 6.61 Å². The number of rotatable bonds is 2. The third-order valence-electron chi connectivity index (χ3n) is 3.59. The number of esters is 2. The molecule has 1 aromatic rings. The van der Waals surface area contributed by atoms with Crippen LogP contribution in [0.3, 0.4) is 0 Å². The predicted octanol–water partition coefficient (Wildman–Crippen LogP) is 2.15. The Bertz CT molecular complexity index is 559. The van der Waals surface area contributed by atoms with Crippen LogP contribution in [-0.2, 0) is 19.1 Å². The molecule has 0 amide bonds. The highest BCUT2D eigenvalue weighted by molar-refractivity contribution is 5.91. The summed E-state index contributed by atoms with van der Waals surface area (Å²) in [6.45, 7) is 1.78. The molecule has 1 saturated heterocycles. The number of benzene rings is 1. The second-order valence-electron chi connectivity index (χ2n) is 4.78. The second-order valence-corrected chi connectivity index (χ2v) is 4.78. The number of carbonyl (C=O) groups is 2. The van der Waals surface area contributed by atoms with Crippen molar-refractivity contribution in [3.63, 3.8) is 0 Å². The van der Waals surface area contributed by atoms with Crippen molar-refractivity contribution in [3.8, 4) is 0 Å². The lowest BCUT2D eigenvalue weighted by molar-refractivity contribution is -0.158. The zero-order valence-corrected chi connectivity index (χ0v) is 10.6. The van der Waals surface area contributed by atoms with E-state index in [1.807, 2.05) is 30.3 Å². The fourth-order valence-electron chi connectivity index (χ4n) is 2.81. The SMILES string of the molecule is CC(=O)OC1=C(c2ccccc2)[C@@H]2CCOC(=O)[C@H]12. The van der Waals surface area contributed by atoms with Crippen LogP contribution in [-0.4, -0.2) is 18.5 Å². The molecule has 0 unspecified atom stereocenters. The molecule has 1 aliphatic heterocycles. The molecule has 1 heterocycles. The van der Waals surface area contributed by atoms with Crippen LogP contribution in [0.5, 0.6) is 0 Å². The zero-order valence-electron chi connectivity index (χ0n) is 10.6. The minimum atomic E-state index is -0.409. The molecular formula is C15H14O4. The first kappa shape index (κ1) is 12.0. The van der Waals surface area contributed by atoms with Crippen molar-refractivity contribution in [2.45, 2.75) is 13.3 Å². The standard InChI is InChI=1S/C15H14O4/c1-9(16)19-14-12(10-5-3-2-4-6-10)11-7-8-18-15(17)13(11)14/h2-6,11,13H,7-8H2,1H3/t11-,13-/m0/s1. The van der Waals surface area contributed by atoms with Gasteiger partial charge in [-0.2, -0.15) is 0 Å². The summed E-state index contributed by atoms with van der Waals surface area (Å²) in [5, 5.41) is 0. The van der Waals surface area contributed by atoms with Crippen LogP contribution in [0, 0.1) is 11.8 Å². The molecule has 0 saturated carbocycles. The molecule has 4 nitrogen and oxygen atoms in total. The molecular weight excluding hydrogens is 244 g/mol. The molecule has 2 atom stereocenters. The van der Waals surface area contributed by atoms with E-state index in [0.29, 0.717) is 12.4 Å². The Morgan fingerprint density at radius 3 is 2.74 bits per heavy atom. The molecule has 2 aliphatic rings. The van der Waals surface area contributed by atoms with Crippen LogP contribution < -0.4 is 0 Å². The molecule has 1 aliphatic carbocycles. The summed E-state index contributed by atoms with van der Waals surface area (Å²) < 4.78 is 10.3. The van der Waals surface area contributed by atoms with Crippen LogP contribution >= 0.6 is 0 Å². The average Bonchev–Trinajstić information content (AvgIpc) is 2.37. The van der Waals surface area contributed by atoms with Crippen molar-refractivity contribution >= 4 is 17.5 Å². The van der Waals surface area contributed by atoms with Crippen LogP contribution in [0.2, 0.25) is 0 Å². The Morgan fingerprint density at radius 1 is 1.32 bits per heavy atom. The van der Waals surface area contributed by atoms with Gasteiger partial charge >= 0.3 is 11.9 Å². The third-order valence-corrected chi connectivity index (χ3v) is 3.59. The molecule has 98 valence electrons. The van der Waals surface area contributed by atoms with Gasteiger partial charge in [0.1, 0.15) is 11.7 Å². The molecule has 3 rings (SSSR count). The maximum Gasteiger partial charge on any atom is 0.317 e. The summed E-state index contributed by atoms with van der Waals surface area (Å²) in [7, 11) is 0. The van der Waals surface area contributed by atoms with E-state index >= 15 is 0 Å². The van der Waals surface area contributed by atoms with E-state index in [9.17, 15) is 9.59 Å². The van der Waals surface area contributed by atoms with Crippen LogP contribution in [0.1, 0.15) is 18.9 Å². The Balaban J connectivity index is 2.03. The van der Waals surface area contributed by atoms with E-state index < -0.39 is 11.9 Å². The van der Waals surface area contributed by atoms with Crippen molar-refractivity contribution in [2.24, 2.45) is 11.8 Å². The summed E-state index contributed by atoms with van der Waals surface area (Å²) in [6, 6.07) is 9.73. The van der Waals surface area contributed by atoms with Crippen molar-refractivity contribution in [3.05, 3.63) is 41.7 Å². The largest absolute Gasteiger partial charge is 0.465 e. The van der Waals surface area contributed by atoms with Crippen LogP contribution in [0.15, 0.2) is 36.1 Å². The smallest absolute Gasteiger partial charge is 0.317 e. The lowest BCUT2D eigenvalue weighted by Crippen LogP contribution is -2.43. The highest BCUT2D eigenvalue weighted by atomic mass is 16.6. The lowest BCUT2D eigenvalue weighted by Gasteiger charge is -2.42. The Kier molecular flexibility index (Phi) is 2.85. The van der Waals surface area contributed by atoms with Gasteiger partial charge in [0.15, 0.2) is 0 Å². The molecule has 0 bridgehead atoms. The van der Waals surface area contributed by atoms with Gasteiger partial charge in [-0.05, 0) is 12.0 Å². The number of allylic oxidation sites excluding steroid dienone is 1. The van der Waals surface area contributed by atoms with E-state index in [-0.39, 0.29) is 11.9 Å². The number of carbonyl (C=O) groups excluding carboxylic acids is 2. The van der Waals surface area contributed by atoms with Gasteiger partial charge in [0.25, 0.3) is 0 Å². The summed E-state index contributed by atoms with van der Waals surface area (Å²) in [5.41, 5.74) is 1.98. The van der Waals surface area contributed by atoms with Crippen molar-refractivity contribution in [2.75, 3.05) is 6.61 Å². The number of hydrogen-bond acceptors (Lipinski definition) is 4. The van der Waals surface area contributed by atoms with Gasteiger partial charge < -0.3 is 9.47 Å². The third kappa shape index (κ3) is 1.93. The van der Waals surface area contributed by atoms with E-state index in [4.69, 9.17) is 9.47 Å². The topological polar surface area (TPSA) is 52.6 Å². The van der Waals surface area contributed by atoms with Gasteiger partial charge in [0, 0.05) is 18.4 Å². The van der Waals surface area contributed by atoms with Gasteiger partial charge in [-0.15, -0.1) is 0 Å². The maximum absolute atomic E-state index is 11.8. The predicted molar refractivity (Wildman–Crippen MR) is 67.7 cm³/mol. The Hall–Kier alpha value is -2.10. The fourth-order valence-corrected chi connectivity index (χ4v) is 2.81. The highest BCUT2D eigenvalue weighted by Crippen LogP contribution is 2.51. The summed E-state index contributed by atoms with van der Waals surface area (Å²) >= 11 is 0. The second kappa shape index (κ2) is 4.53. The first-order valence-corrected chi connectivity index (χ1v) is 6.33. The van der Waals surface area contributed by atoms with E-state index in [1.54, 1.807) is 0 Å². The van der Waals surface area contributed by atoms with Gasteiger partial charge in [-0.25, -0.2) is 0 Å². The Labute approximate surface area is 111 Å². The lowest BCUT2D eigenvalue weighted by atomic mass is 9.67. The van der Waals surface area contributed by atoms with Gasteiger partial charge in [-0.3, -0.25) is 9.59 Å². The van der Waals surface area contributed by atoms with E-state index in [0.717, 1.165) is 17.6 Å². The molecule has 0 N–H and O–H groups in total. The highest BCUT2D eigenvalue weighted by Gasteiger charge is 2.50. The average molecular weight is 258 g/mol. The van der Waals surface area contributed by atoms with Gasteiger partial charge in [0.2, 0.25) is 0 Å². The number of hydrogen-bond donors (Lipinski definition) is 0. The quantitative estimate of drug-likeness (QED) is 0.763. The van der Waals surface area contributed by atoms with Crippen LogP contribution in [0.25, 0.3) is 5.57 Å². The minimum Gasteiger partial charge on any atom is -0.465 e. The summed E-state index contributed by atoms with van der Waals surface area (Å²) in [4.78, 5) is 23.0. The van der Waals surface area contributed by atoms with Gasteiger partial charge in [-0.1, -0.05) is 30.3 Å². The van der Waals surface area contributed by atoms with Crippen LogP contribution in [0.4, 0.5) is 0 Å². The van der Waals surface area contributed by atoms with Crippen molar-refractivity contribution in [1.29, 1.82) is 0 Å². The summed E-state index contributed by atoms with van der Waals surface area (Å²) in [5.74, 6) is -0.522. The van der Waals surface area contributed by atoms with Crippen molar-refractivity contribution in [1.82, 2.24) is 0 Å². The number of cyclic esters (lactones) is 1. The molecule has 1 fully saturated rings. The normalized spacial score (nSPS) is 25.2. The first-order valence-electron chi connectivity index (χ1n) is 6.33.